The highest BCUT2D eigenvalue weighted by Crippen LogP contribution is 2.41. The van der Waals surface area contributed by atoms with Crippen LogP contribution in [0.4, 0.5) is 10.5 Å². The fourth-order valence-corrected chi connectivity index (χ4v) is 3.21. The first-order valence-corrected chi connectivity index (χ1v) is 7.29. The Morgan fingerprint density at radius 3 is 2.39 bits per heavy atom. The summed E-state index contributed by atoms with van der Waals surface area (Å²) in [5, 5.41) is 4.68. The average Bonchev–Trinajstić information content (AvgIpc) is 3.20. The lowest BCUT2D eigenvalue weighted by Crippen LogP contribution is -2.52. The van der Waals surface area contributed by atoms with Gasteiger partial charge in [-0.2, -0.15) is 0 Å². The normalized spacial score (nSPS) is 22.4. The molecule has 0 aliphatic carbocycles. The molecule has 2 N–H and O–H groups in total. The minimum Gasteiger partial charge on any atom is -0.352 e. The van der Waals surface area contributed by atoms with Crippen molar-refractivity contribution < 1.29 is 14.4 Å². The van der Waals surface area contributed by atoms with E-state index >= 15 is 0 Å². The Balaban J connectivity index is 1.73. The summed E-state index contributed by atoms with van der Waals surface area (Å²) in [6.45, 7) is 1.01. The van der Waals surface area contributed by atoms with Gasteiger partial charge in [0.05, 0.1) is 5.69 Å². The number of hydrogen-bond donors (Lipinski definition) is 2. The number of imide groups is 1. The number of hydrogen-bond acceptors (Lipinski definition) is 3. The number of benzene rings is 1. The number of para-hydroxylation sites is 1. The molecular weight excluding hydrogens is 296 g/mol. The van der Waals surface area contributed by atoms with Gasteiger partial charge < -0.3 is 14.8 Å². The average molecular weight is 310 g/mol. The van der Waals surface area contributed by atoms with Gasteiger partial charge in [-0.05, 0) is 18.2 Å². The Morgan fingerprint density at radius 1 is 0.957 bits per heavy atom. The maximum absolute atomic E-state index is 12.9. The number of nitrogens with one attached hydrogen (secondary N) is 2. The van der Waals surface area contributed by atoms with Crippen LogP contribution in [0.1, 0.15) is 5.56 Å². The summed E-state index contributed by atoms with van der Waals surface area (Å²) in [6.07, 6.45) is 3.82. The maximum Gasteiger partial charge on any atom is 0.323 e. The van der Waals surface area contributed by atoms with E-state index in [4.69, 9.17) is 0 Å². The van der Waals surface area contributed by atoms with Crippen LogP contribution in [0, 0.1) is 0 Å². The third-order valence-corrected chi connectivity index (χ3v) is 4.28. The highest BCUT2D eigenvalue weighted by atomic mass is 16.2. The number of fused-ring (bicyclic) bond motifs is 2. The quantitative estimate of drug-likeness (QED) is 0.642. The molecule has 4 rings (SSSR count). The first-order chi connectivity index (χ1) is 11.1. The van der Waals surface area contributed by atoms with Gasteiger partial charge in [-0.25, -0.2) is 4.79 Å². The number of rotatable bonds is 3. The molecule has 23 heavy (non-hydrogen) atoms. The Morgan fingerprint density at radius 2 is 1.70 bits per heavy atom. The van der Waals surface area contributed by atoms with Gasteiger partial charge in [-0.15, -0.1) is 0 Å². The molecule has 7 nitrogen and oxygen atoms in total. The Labute approximate surface area is 131 Å². The number of anilines is 1. The molecule has 0 saturated carbocycles. The van der Waals surface area contributed by atoms with Crippen LogP contribution in [0.5, 0.6) is 0 Å². The molecule has 2 aliphatic rings. The van der Waals surface area contributed by atoms with E-state index in [1.54, 1.807) is 23.1 Å². The van der Waals surface area contributed by atoms with Gasteiger partial charge in [0.15, 0.2) is 0 Å². The molecule has 1 atom stereocenters. The number of aromatic nitrogens is 1. The summed E-state index contributed by atoms with van der Waals surface area (Å²) in [7, 11) is 0. The molecule has 4 amide bonds. The molecule has 2 aromatic rings. The lowest BCUT2D eigenvalue weighted by molar-refractivity contribution is -0.133. The molecule has 1 spiro atoms. The molecule has 0 radical (unpaired) electrons. The van der Waals surface area contributed by atoms with E-state index in [1.807, 2.05) is 35.2 Å². The second-order valence-corrected chi connectivity index (χ2v) is 5.55. The molecule has 2 aliphatic heterocycles. The van der Waals surface area contributed by atoms with E-state index in [0.29, 0.717) is 24.3 Å². The highest BCUT2D eigenvalue weighted by Gasteiger charge is 2.60. The predicted octanol–water partition coefficient (Wildman–Crippen LogP) is 0.570. The van der Waals surface area contributed by atoms with E-state index < -0.39 is 23.4 Å². The van der Waals surface area contributed by atoms with Crippen molar-refractivity contribution in [3.63, 3.8) is 0 Å². The first kappa shape index (κ1) is 13.6. The van der Waals surface area contributed by atoms with E-state index in [9.17, 15) is 14.4 Å². The Bertz CT molecular complexity index is 814. The van der Waals surface area contributed by atoms with Gasteiger partial charge >= 0.3 is 6.03 Å². The van der Waals surface area contributed by atoms with Gasteiger partial charge in [0.1, 0.15) is 0 Å². The van der Waals surface area contributed by atoms with E-state index in [-0.39, 0.29) is 0 Å². The maximum atomic E-state index is 12.9. The van der Waals surface area contributed by atoms with Crippen molar-refractivity contribution >= 4 is 23.5 Å². The number of nitrogens with zero attached hydrogens (tertiary/aromatic N) is 2. The number of carbonyl (C=O) groups excluding carboxylic acids is 3. The van der Waals surface area contributed by atoms with Crippen molar-refractivity contribution in [2.45, 2.75) is 12.1 Å². The van der Waals surface area contributed by atoms with Crippen molar-refractivity contribution in [3.8, 4) is 0 Å². The van der Waals surface area contributed by atoms with Gasteiger partial charge in [0.2, 0.25) is 5.54 Å². The summed E-state index contributed by atoms with van der Waals surface area (Å²) in [5.74, 6) is -1.04. The zero-order valence-electron chi connectivity index (χ0n) is 12.2. The van der Waals surface area contributed by atoms with Crippen LogP contribution in [0.25, 0.3) is 0 Å². The second-order valence-electron chi connectivity index (χ2n) is 5.55. The van der Waals surface area contributed by atoms with Crippen molar-refractivity contribution in [1.82, 2.24) is 15.2 Å². The molecule has 1 fully saturated rings. The smallest absolute Gasteiger partial charge is 0.323 e. The van der Waals surface area contributed by atoms with Crippen LogP contribution in [-0.2, 0) is 21.7 Å². The zero-order chi connectivity index (χ0) is 16.0. The molecule has 1 aromatic heterocycles. The summed E-state index contributed by atoms with van der Waals surface area (Å²) in [4.78, 5) is 38.4. The molecule has 1 unspecified atom stereocenters. The summed E-state index contributed by atoms with van der Waals surface area (Å²) < 4.78 is 1.95. The Hall–Kier alpha value is -3.09. The van der Waals surface area contributed by atoms with Crippen molar-refractivity contribution in [3.05, 3.63) is 54.4 Å². The van der Waals surface area contributed by atoms with E-state index in [1.165, 1.54) is 0 Å². The van der Waals surface area contributed by atoms with E-state index in [2.05, 4.69) is 10.6 Å². The largest absolute Gasteiger partial charge is 0.352 e. The van der Waals surface area contributed by atoms with Crippen LogP contribution in [0.3, 0.4) is 0 Å². The first-order valence-electron chi connectivity index (χ1n) is 7.29. The van der Waals surface area contributed by atoms with Gasteiger partial charge in [0.25, 0.3) is 11.8 Å². The zero-order valence-corrected chi connectivity index (χ0v) is 12.2. The molecule has 1 aromatic carbocycles. The summed E-state index contributed by atoms with van der Waals surface area (Å²) in [6, 6.07) is 10.2. The number of amides is 4. The molecule has 7 heteroatoms. The SMILES string of the molecule is O=C1NC(=O)C2(N1)C(=O)N(CCn1cccc1)c1ccccc12. The van der Waals surface area contributed by atoms with Gasteiger partial charge in [0, 0.05) is 31.0 Å². The van der Waals surface area contributed by atoms with Crippen LogP contribution in [0.15, 0.2) is 48.8 Å². The monoisotopic (exact) mass is 310 g/mol. The van der Waals surface area contributed by atoms with Crippen LogP contribution in [0.2, 0.25) is 0 Å². The molecule has 116 valence electrons. The highest BCUT2D eigenvalue weighted by molar-refractivity contribution is 6.27. The minimum atomic E-state index is -1.63. The fraction of sp³-hybridized carbons (Fsp3) is 0.188. The van der Waals surface area contributed by atoms with Crippen LogP contribution >= 0.6 is 0 Å². The fourth-order valence-electron chi connectivity index (χ4n) is 3.21. The summed E-state index contributed by atoms with van der Waals surface area (Å²) in [5.41, 5.74) is -0.465. The number of carbonyl (C=O) groups is 3. The minimum absolute atomic E-state index is 0.412. The lowest BCUT2D eigenvalue weighted by atomic mass is 9.92. The van der Waals surface area contributed by atoms with Gasteiger partial charge in [-0.1, -0.05) is 18.2 Å². The third-order valence-electron chi connectivity index (χ3n) is 4.28. The molecule has 1 saturated heterocycles. The van der Waals surface area contributed by atoms with Crippen molar-refractivity contribution in [2.24, 2.45) is 0 Å². The number of urea groups is 1. The summed E-state index contributed by atoms with van der Waals surface area (Å²) >= 11 is 0. The lowest BCUT2D eigenvalue weighted by Gasteiger charge is -2.21. The van der Waals surface area contributed by atoms with Crippen LogP contribution in [-0.4, -0.2) is 29.0 Å². The van der Waals surface area contributed by atoms with Gasteiger partial charge in [-0.3, -0.25) is 14.9 Å². The van der Waals surface area contributed by atoms with E-state index in [0.717, 1.165) is 0 Å². The molecule has 0 bridgehead atoms. The third kappa shape index (κ3) is 1.79. The topological polar surface area (TPSA) is 83.4 Å². The second kappa shape index (κ2) is 4.70. The standard InChI is InChI=1S/C16H14N4O3/c21-13-16(18-15(23)17-13)11-5-1-2-6-12(11)20(14(16)22)10-9-19-7-3-4-8-19/h1-8H,9-10H2,(H2,17,18,21,23). The predicted molar refractivity (Wildman–Crippen MR) is 81.6 cm³/mol. The van der Waals surface area contributed by atoms with Crippen molar-refractivity contribution in [1.29, 1.82) is 0 Å². The Kier molecular flexibility index (Phi) is 2.77. The molecular formula is C16H14N4O3. The molecule has 3 heterocycles. The van der Waals surface area contributed by atoms with Crippen LogP contribution < -0.4 is 15.5 Å². The van der Waals surface area contributed by atoms with Crippen molar-refractivity contribution in [2.75, 3.05) is 11.4 Å².